The van der Waals surface area contributed by atoms with Crippen molar-refractivity contribution in [3.63, 3.8) is 0 Å². The highest BCUT2D eigenvalue weighted by Gasteiger charge is 2.73. The van der Waals surface area contributed by atoms with E-state index in [4.69, 9.17) is 32.7 Å². The van der Waals surface area contributed by atoms with Crippen LogP contribution in [0.3, 0.4) is 0 Å². The molecule has 1 aliphatic carbocycles. The Morgan fingerprint density at radius 1 is 0.867 bits per heavy atom. The van der Waals surface area contributed by atoms with Crippen LogP contribution in [0.1, 0.15) is 65.5 Å². The highest BCUT2D eigenvalue weighted by atomic mass is 35.5. The molecule has 1 aromatic heterocycles. The van der Waals surface area contributed by atoms with Crippen LogP contribution in [-0.2, 0) is 26.4 Å². The van der Waals surface area contributed by atoms with Gasteiger partial charge < -0.3 is 14.2 Å². The Labute approximate surface area is 343 Å². The molecule has 5 rings (SSSR count). The average Bonchev–Trinajstić information content (AvgIpc) is 3.76. The van der Waals surface area contributed by atoms with Crippen LogP contribution in [0.25, 0.3) is 16.8 Å². The number of hydrogen-bond acceptors (Lipinski definition) is 8. The lowest BCUT2D eigenvalue weighted by Crippen LogP contribution is -2.50. The second kappa shape index (κ2) is 16.1. The number of carbonyl (C=O) groups excluding carboxylic acids is 3. The zero-order valence-electron chi connectivity index (χ0n) is 31.0. The fraction of sp³-hybridized carbons (Fsp3) is 0.342. The molecule has 4 aromatic rings. The molecule has 0 saturated heterocycles. The number of aromatic nitrogens is 2. The minimum absolute atomic E-state index is 0.0404. The number of ether oxygens (including phenoxy) is 3. The second-order valence-electron chi connectivity index (χ2n) is 14.3. The van der Waals surface area contributed by atoms with Gasteiger partial charge in [-0.15, -0.1) is 13.2 Å². The van der Waals surface area contributed by atoms with Crippen molar-refractivity contribution in [1.29, 1.82) is 5.26 Å². The second-order valence-corrected chi connectivity index (χ2v) is 15.1. The SMILES string of the molecule is CC(C)(C)OC(=O)c1ccc(CC(=O)OCN(C(=O)c2cc(-c3cnn(-c4c(Cl)cc(C(F)(C(F)(F)F)C(F)(F)F)cc4OC(F)(F)F)c3)ccc2Cl)C2(C#N)CC2)cc1. The summed E-state index contributed by atoms with van der Waals surface area (Å²) in [7, 11) is 0. The van der Waals surface area contributed by atoms with Gasteiger partial charge in [0.2, 0.25) is 0 Å². The summed E-state index contributed by atoms with van der Waals surface area (Å²) >= 11 is 12.3. The molecule has 0 radical (unpaired) electrons. The average molecular weight is 898 g/mol. The topological polar surface area (TPSA) is 124 Å². The van der Waals surface area contributed by atoms with Gasteiger partial charge in [-0.25, -0.2) is 13.9 Å². The molecule has 0 N–H and O–H groups in total. The quantitative estimate of drug-likeness (QED) is 0.0828. The first-order chi connectivity index (χ1) is 27.6. The van der Waals surface area contributed by atoms with E-state index >= 15 is 0 Å². The zero-order valence-corrected chi connectivity index (χ0v) is 32.5. The fourth-order valence-corrected chi connectivity index (χ4v) is 6.18. The molecule has 1 amide bonds. The highest BCUT2D eigenvalue weighted by Crippen LogP contribution is 2.55. The van der Waals surface area contributed by atoms with Crippen LogP contribution >= 0.6 is 23.2 Å². The van der Waals surface area contributed by atoms with Crippen molar-refractivity contribution in [2.75, 3.05) is 6.73 Å². The minimum atomic E-state index is -6.70. The zero-order chi connectivity index (χ0) is 44.8. The van der Waals surface area contributed by atoms with Crippen LogP contribution in [0, 0.1) is 11.3 Å². The van der Waals surface area contributed by atoms with Gasteiger partial charge in [-0.05, 0) is 81.1 Å². The summed E-state index contributed by atoms with van der Waals surface area (Å²) in [5.41, 5.74) is -11.3. The van der Waals surface area contributed by atoms with E-state index in [0.717, 1.165) is 17.3 Å². The van der Waals surface area contributed by atoms with Crippen molar-refractivity contribution >= 4 is 41.0 Å². The van der Waals surface area contributed by atoms with Crippen LogP contribution < -0.4 is 4.74 Å². The lowest BCUT2D eigenvalue weighted by molar-refractivity contribution is -0.348. The number of amides is 1. The van der Waals surface area contributed by atoms with Crippen molar-refractivity contribution < 1.29 is 72.5 Å². The van der Waals surface area contributed by atoms with Crippen molar-refractivity contribution in [3.8, 4) is 28.6 Å². The molecule has 22 heteroatoms. The van der Waals surface area contributed by atoms with Crippen molar-refractivity contribution in [1.82, 2.24) is 14.7 Å². The Hall–Kier alpha value is -5.55. The van der Waals surface area contributed by atoms with Gasteiger partial charge >= 0.3 is 36.3 Å². The number of hydrogen-bond donors (Lipinski definition) is 0. The molecule has 1 saturated carbocycles. The van der Waals surface area contributed by atoms with Crippen molar-refractivity contribution in [2.24, 2.45) is 0 Å². The third kappa shape index (κ3) is 9.73. The Morgan fingerprint density at radius 2 is 1.48 bits per heavy atom. The smallest absolute Gasteiger partial charge is 0.456 e. The third-order valence-electron chi connectivity index (χ3n) is 8.76. The van der Waals surface area contributed by atoms with E-state index in [0.29, 0.717) is 10.2 Å². The fourth-order valence-electron chi connectivity index (χ4n) is 5.68. The summed E-state index contributed by atoms with van der Waals surface area (Å²) in [6.07, 6.45) is -17.2. The first kappa shape index (κ1) is 45.5. The summed E-state index contributed by atoms with van der Waals surface area (Å²) in [5, 5.41) is 12.3. The summed E-state index contributed by atoms with van der Waals surface area (Å²) in [6, 6.07) is 11.0. The number of esters is 2. The Morgan fingerprint density at radius 3 is 2.02 bits per heavy atom. The Balaban J connectivity index is 1.42. The molecular weight excluding hydrogens is 869 g/mol. The molecule has 0 aliphatic heterocycles. The van der Waals surface area contributed by atoms with E-state index in [9.17, 15) is 63.5 Å². The van der Waals surface area contributed by atoms with Gasteiger partial charge in [0, 0.05) is 17.3 Å². The predicted molar refractivity (Wildman–Crippen MR) is 191 cm³/mol. The predicted octanol–water partition coefficient (Wildman–Crippen LogP) is 10.2. The minimum Gasteiger partial charge on any atom is -0.456 e. The number of benzene rings is 3. The van der Waals surface area contributed by atoms with Crippen LogP contribution in [0.5, 0.6) is 5.75 Å². The number of nitriles is 1. The first-order valence-electron chi connectivity index (χ1n) is 17.1. The van der Waals surface area contributed by atoms with E-state index in [-0.39, 0.29) is 52.6 Å². The molecule has 0 atom stereocenters. The van der Waals surface area contributed by atoms with E-state index < -0.39 is 88.2 Å². The van der Waals surface area contributed by atoms with Gasteiger partial charge in [0.25, 0.3) is 5.91 Å². The number of rotatable bonds is 11. The van der Waals surface area contributed by atoms with E-state index in [1.54, 1.807) is 20.8 Å². The molecule has 1 fully saturated rings. The summed E-state index contributed by atoms with van der Waals surface area (Å²) in [4.78, 5) is 40.1. The lowest BCUT2D eigenvalue weighted by Gasteiger charge is -2.31. The maximum Gasteiger partial charge on any atom is 0.573 e. The van der Waals surface area contributed by atoms with Gasteiger partial charge in [0.1, 0.15) is 16.8 Å². The number of carbonyl (C=O) groups is 3. The van der Waals surface area contributed by atoms with E-state index in [1.807, 2.05) is 6.07 Å². The van der Waals surface area contributed by atoms with E-state index in [1.165, 1.54) is 42.5 Å². The van der Waals surface area contributed by atoms with Gasteiger partial charge in [0.05, 0.1) is 39.9 Å². The van der Waals surface area contributed by atoms with Gasteiger partial charge in [-0.3, -0.25) is 14.5 Å². The molecule has 1 heterocycles. The largest absolute Gasteiger partial charge is 0.573 e. The molecule has 1 aliphatic rings. The van der Waals surface area contributed by atoms with Crippen LogP contribution in [0.2, 0.25) is 10.0 Å². The number of alkyl halides is 10. The van der Waals surface area contributed by atoms with E-state index in [2.05, 4.69) is 9.84 Å². The molecule has 0 bridgehead atoms. The van der Waals surface area contributed by atoms with Crippen LogP contribution in [0.15, 0.2) is 67.0 Å². The normalized spacial score (nSPS) is 14.2. The van der Waals surface area contributed by atoms with Crippen molar-refractivity contribution in [2.45, 2.75) is 75.6 Å². The highest BCUT2D eigenvalue weighted by molar-refractivity contribution is 6.34. The molecule has 0 spiro atoms. The third-order valence-corrected chi connectivity index (χ3v) is 9.38. The standard InChI is InChI=1S/C38H28Cl2F10N4O6/c1-33(2,3)60-32(57)21-6-4-20(5-7-21)12-29(55)58-19-53(34(18-51)10-11-34)31(56)25-13-22(8-9-26(25)39)23-16-52-54(17-23)30-27(40)14-24(15-28(30)59-38(48,49)50)35(41,36(42,43)44)37(45,46)47/h4-9,13-17H,10-12,19H2,1-3H3. The summed E-state index contributed by atoms with van der Waals surface area (Å²) in [6.45, 7) is 4.38. The molecule has 10 nitrogen and oxygen atoms in total. The van der Waals surface area contributed by atoms with Gasteiger partial charge in [0.15, 0.2) is 12.5 Å². The Kier molecular flexibility index (Phi) is 12.2. The first-order valence-corrected chi connectivity index (χ1v) is 17.8. The molecular formula is C38H28Cl2F10N4O6. The Bertz CT molecular complexity index is 2330. The summed E-state index contributed by atoms with van der Waals surface area (Å²) < 4.78 is 151. The van der Waals surface area contributed by atoms with Gasteiger partial charge in [-0.2, -0.15) is 36.7 Å². The number of nitrogens with zero attached hydrogens (tertiary/aromatic N) is 4. The monoisotopic (exact) mass is 896 g/mol. The molecule has 0 unspecified atom stereocenters. The molecule has 60 heavy (non-hydrogen) atoms. The molecule has 320 valence electrons. The van der Waals surface area contributed by atoms with Crippen LogP contribution in [-0.4, -0.2) is 69.1 Å². The molecule has 3 aromatic carbocycles. The van der Waals surface area contributed by atoms with Gasteiger partial charge in [-0.1, -0.05) is 41.4 Å². The summed E-state index contributed by atoms with van der Waals surface area (Å²) in [5.74, 6) is -4.07. The van der Waals surface area contributed by atoms with Crippen molar-refractivity contribution in [3.05, 3.63) is 99.3 Å². The van der Waals surface area contributed by atoms with Crippen LogP contribution in [0.4, 0.5) is 43.9 Å². The maximum atomic E-state index is 14.9. The number of halogens is 12. The lowest BCUT2D eigenvalue weighted by atomic mass is 9.93. The maximum absolute atomic E-state index is 14.9.